The van der Waals surface area contributed by atoms with Crippen molar-refractivity contribution in [2.75, 3.05) is 18.0 Å². The molecule has 0 spiro atoms. The zero-order valence-corrected chi connectivity index (χ0v) is 16.2. The second kappa shape index (κ2) is 8.85. The Morgan fingerprint density at radius 3 is 2.39 bits per heavy atom. The monoisotopic (exact) mass is 369 g/mol. The van der Waals surface area contributed by atoms with Crippen LogP contribution in [0.3, 0.4) is 0 Å². The highest BCUT2D eigenvalue weighted by molar-refractivity contribution is 5.99. The van der Waals surface area contributed by atoms with Crippen molar-refractivity contribution in [1.82, 2.24) is 4.98 Å². The molecule has 1 aromatic heterocycles. The first kappa shape index (κ1) is 18.5. The first-order valence-electron chi connectivity index (χ1n) is 10.1. The van der Waals surface area contributed by atoms with Gasteiger partial charge in [-0.2, -0.15) is 0 Å². The zero-order chi connectivity index (χ0) is 19.2. The highest BCUT2D eigenvalue weighted by atomic mass is 15.1. The van der Waals surface area contributed by atoms with E-state index in [4.69, 9.17) is 10.7 Å². The van der Waals surface area contributed by atoms with E-state index in [1.165, 1.54) is 22.0 Å². The van der Waals surface area contributed by atoms with Gasteiger partial charge in [0.2, 0.25) is 0 Å². The van der Waals surface area contributed by atoms with Crippen LogP contribution in [0.15, 0.2) is 78.9 Å². The number of nitrogens with two attached hydrogens (primary N) is 1. The maximum Gasteiger partial charge on any atom is 0.0730 e. The molecule has 0 radical (unpaired) electrons. The van der Waals surface area contributed by atoms with E-state index < -0.39 is 0 Å². The summed E-state index contributed by atoms with van der Waals surface area (Å²) >= 11 is 0. The zero-order valence-electron chi connectivity index (χ0n) is 16.2. The van der Waals surface area contributed by atoms with Gasteiger partial charge in [0.25, 0.3) is 0 Å². The van der Waals surface area contributed by atoms with Gasteiger partial charge in [0, 0.05) is 29.5 Å². The Bertz CT molecular complexity index is 1040. The number of hydrogen-bond acceptors (Lipinski definition) is 3. The van der Waals surface area contributed by atoms with Gasteiger partial charge in [-0.05, 0) is 49.2 Å². The third-order valence-electron chi connectivity index (χ3n) is 5.23. The maximum atomic E-state index is 5.69. The number of fused-ring (bicyclic) bond motifs is 2. The highest BCUT2D eigenvalue weighted by Gasteiger charge is 2.12. The standard InChI is InChI=1S/C25H27N3/c26-16-7-2-8-17-28(19-20-10-3-1-4-11-20)25-15-9-14-24-22(25)18-21-12-5-6-13-23(21)27-24/h1,3-6,9-15,18H,2,7-8,16-17,19,26H2. The number of para-hydroxylation sites is 1. The average Bonchev–Trinajstić information content (AvgIpc) is 2.75. The molecule has 3 nitrogen and oxygen atoms in total. The van der Waals surface area contributed by atoms with Crippen LogP contribution in [0.25, 0.3) is 21.8 Å². The number of aromatic nitrogens is 1. The molecule has 0 amide bonds. The molecule has 142 valence electrons. The van der Waals surface area contributed by atoms with Gasteiger partial charge in [-0.3, -0.25) is 0 Å². The van der Waals surface area contributed by atoms with E-state index in [0.717, 1.165) is 49.9 Å². The molecule has 0 fully saturated rings. The largest absolute Gasteiger partial charge is 0.367 e. The lowest BCUT2D eigenvalue weighted by atomic mass is 10.1. The second-order valence-corrected chi connectivity index (χ2v) is 7.28. The number of hydrogen-bond donors (Lipinski definition) is 1. The van der Waals surface area contributed by atoms with Gasteiger partial charge >= 0.3 is 0 Å². The summed E-state index contributed by atoms with van der Waals surface area (Å²) in [7, 11) is 0. The summed E-state index contributed by atoms with van der Waals surface area (Å²) in [6.07, 6.45) is 3.38. The van der Waals surface area contributed by atoms with Gasteiger partial charge in [0.1, 0.15) is 0 Å². The van der Waals surface area contributed by atoms with E-state index in [0.29, 0.717) is 0 Å². The SMILES string of the molecule is NCCCCCN(Cc1ccccc1)c1cccc2nc3ccccc3cc12. The fourth-order valence-corrected chi connectivity index (χ4v) is 3.77. The van der Waals surface area contributed by atoms with Crippen molar-refractivity contribution in [3.8, 4) is 0 Å². The minimum atomic E-state index is 0.767. The summed E-state index contributed by atoms with van der Waals surface area (Å²) in [5.41, 5.74) is 10.4. The van der Waals surface area contributed by atoms with E-state index in [-0.39, 0.29) is 0 Å². The van der Waals surface area contributed by atoms with Crippen molar-refractivity contribution in [3.63, 3.8) is 0 Å². The Labute approximate surface area is 166 Å². The van der Waals surface area contributed by atoms with Crippen LogP contribution in [0.5, 0.6) is 0 Å². The molecule has 0 aliphatic carbocycles. The Morgan fingerprint density at radius 2 is 1.54 bits per heavy atom. The van der Waals surface area contributed by atoms with Crippen molar-refractivity contribution in [3.05, 3.63) is 84.4 Å². The lowest BCUT2D eigenvalue weighted by molar-refractivity contribution is 0.657. The molecule has 0 saturated heterocycles. The first-order chi connectivity index (χ1) is 13.8. The van der Waals surface area contributed by atoms with Crippen molar-refractivity contribution >= 4 is 27.5 Å². The molecule has 3 aromatic carbocycles. The molecule has 0 aliphatic rings. The Morgan fingerprint density at radius 1 is 0.750 bits per heavy atom. The van der Waals surface area contributed by atoms with Crippen molar-refractivity contribution in [2.45, 2.75) is 25.8 Å². The molecular weight excluding hydrogens is 342 g/mol. The molecule has 0 bridgehead atoms. The van der Waals surface area contributed by atoms with Gasteiger partial charge in [-0.1, -0.05) is 61.0 Å². The van der Waals surface area contributed by atoms with E-state index in [1.54, 1.807) is 0 Å². The normalized spacial score (nSPS) is 11.2. The van der Waals surface area contributed by atoms with E-state index >= 15 is 0 Å². The van der Waals surface area contributed by atoms with E-state index in [2.05, 4.69) is 77.7 Å². The van der Waals surface area contributed by atoms with Crippen LogP contribution in [0.1, 0.15) is 24.8 Å². The Kier molecular flexibility index (Phi) is 5.83. The van der Waals surface area contributed by atoms with E-state index in [9.17, 15) is 0 Å². The lowest BCUT2D eigenvalue weighted by Gasteiger charge is -2.26. The number of rotatable bonds is 8. The number of benzene rings is 3. The first-order valence-corrected chi connectivity index (χ1v) is 10.1. The summed E-state index contributed by atoms with van der Waals surface area (Å²) < 4.78 is 0. The molecule has 1 heterocycles. The van der Waals surface area contributed by atoms with Crippen molar-refractivity contribution in [1.29, 1.82) is 0 Å². The van der Waals surface area contributed by atoms with Crippen LogP contribution in [-0.2, 0) is 6.54 Å². The molecule has 3 heteroatoms. The van der Waals surface area contributed by atoms with Crippen molar-refractivity contribution in [2.24, 2.45) is 5.73 Å². The summed E-state index contributed by atoms with van der Waals surface area (Å²) in [4.78, 5) is 7.39. The quantitative estimate of drug-likeness (QED) is 0.328. The number of pyridine rings is 1. The van der Waals surface area contributed by atoms with Crippen LogP contribution in [0.2, 0.25) is 0 Å². The molecule has 0 unspecified atom stereocenters. The fraction of sp³-hybridized carbons (Fsp3) is 0.240. The number of unbranched alkanes of at least 4 members (excludes halogenated alkanes) is 2. The molecule has 0 atom stereocenters. The Balaban J connectivity index is 1.73. The van der Waals surface area contributed by atoms with Crippen LogP contribution in [0.4, 0.5) is 5.69 Å². The third kappa shape index (κ3) is 4.15. The van der Waals surface area contributed by atoms with Crippen LogP contribution < -0.4 is 10.6 Å². The van der Waals surface area contributed by atoms with Crippen LogP contribution >= 0.6 is 0 Å². The smallest absolute Gasteiger partial charge is 0.0730 e. The van der Waals surface area contributed by atoms with E-state index in [1.807, 2.05) is 6.07 Å². The van der Waals surface area contributed by atoms with Gasteiger partial charge in [0.15, 0.2) is 0 Å². The van der Waals surface area contributed by atoms with Gasteiger partial charge in [-0.25, -0.2) is 4.98 Å². The second-order valence-electron chi connectivity index (χ2n) is 7.28. The molecule has 4 aromatic rings. The minimum Gasteiger partial charge on any atom is -0.367 e. The van der Waals surface area contributed by atoms with Gasteiger partial charge in [-0.15, -0.1) is 0 Å². The average molecular weight is 370 g/mol. The summed E-state index contributed by atoms with van der Waals surface area (Å²) in [6, 6.07) is 27.8. The molecule has 28 heavy (non-hydrogen) atoms. The third-order valence-corrected chi connectivity index (χ3v) is 5.23. The maximum absolute atomic E-state index is 5.69. The van der Waals surface area contributed by atoms with Crippen LogP contribution in [-0.4, -0.2) is 18.1 Å². The number of anilines is 1. The Hall–Kier alpha value is -2.91. The molecule has 2 N–H and O–H groups in total. The van der Waals surface area contributed by atoms with Crippen LogP contribution in [0, 0.1) is 0 Å². The summed E-state index contributed by atoms with van der Waals surface area (Å²) in [6.45, 7) is 2.68. The predicted molar refractivity (Wildman–Crippen MR) is 120 cm³/mol. The lowest BCUT2D eigenvalue weighted by Crippen LogP contribution is -2.24. The van der Waals surface area contributed by atoms with Gasteiger partial charge in [0.05, 0.1) is 11.0 Å². The topological polar surface area (TPSA) is 42.1 Å². The van der Waals surface area contributed by atoms with Gasteiger partial charge < -0.3 is 10.6 Å². The molecular formula is C25H27N3. The summed E-state index contributed by atoms with van der Waals surface area (Å²) in [5, 5.41) is 2.40. The predicted octanol–water partition coefficient (Wildman–Crippen LogP) is 5.52. The molecule has 0 saturated carbocycles. The highest BCUT2D eigenvalue weighted by Crippen LogP contribution is 2.30. The van der Waals surface area contributed by atoms with Crippen molar-refractivity contribution < 1.29 is 0 Å². The molecule has 0 aliphatic heterocycles. The minimum absolute atomic E-state index is 0.767. The molecule has 4 rings (SSSR count). The number of nitrogens with zero attached hydrogens (tertiary/aromatic N) is 2. The fourth-order valence-electron chi connectivity index (χ4n) is 3.77. The summed E-state index contributed by atoms with van der Waals surface area (Å²) in [5.74, 6) is 0.